The Bertz CT molecular complexity index is 657. The summed E-state index contributed by atoms with van der Waals surface area (Å²) in [5.74, 6) is -2.71. The molecule has 2 rings (SSSR count). The van der Waals surface area contributed by atoms with Crippen LogP contribution in [0.1, 0.15) is 21.1 Å². The zero-order chi connectivity index (χ0) is 17.5. The normalized spacial score (nSPS) is 10.6. The number of nitrogens with zero attached hydrogens (tertiary/aromatic N) is 1. The van der Waals surface area contributed by atoms with Crippen molar-refractivity contribution in [2.24, 2.45) is 5.73 Å². The first kappa shape index (κ1) is 18.8. The van der Waals surface area contributed by atoms with Gasteiger partial charge in [-0.1, -0.05) is 30.3 Å². The fourth-order valence-electron chi connectivity index (χ4n) is 1.39. The maximum absolute atomic E-state index is 11.9. The molecular formula is C14H13F3N2O3S. The lowest BCUT2D eigenvalue weighted by Gasteiger charge is -1.97. The number of Topliss-reactive ketones (excluding diaryl/α,β-unsaturated/α-hetero) is 1. The molecule has 0 saturated heterocycles. The Morgan fingerprint density at radius 2 is 1.78 bits per heavy atom. The molecule has 23 heavy (non-hydrogen) atoms. The SMILES string of the molecule is NCc1csc(C(=O)Cc2ccccc2)n1.O=C(O)C(F)(F)F. The predicted octanol–water partition coefficient (Wildman–Crippen LogP) is 2.66. The minimum atomic E-state index is -5.08. The maximum atomic E-state index is 11.9. The Kier molecular flexibility index (Phi) is 6.86. The first-order valence-corrected chi connectivity index (χ1v) is 7.13. The van der Waals surface area contributed by atoms with Gasteiger partial charge in [-0.25, -0.2) is 9.78 Å². The van der Waals surface area contributed by atoms with E-state index in [0.29, 0.717) is 18.0 Å². The Morgan fingerprint density at radius 1 is 1.22 bits per heavy atom. The van der Waals surface area contributed by atoms with Crippen LogP contribution < -0.4 is 5.73 Å². The third kappa shape index (κ3) is 6.57. The van der Waals surface area contributed by atoms with Crippen LogP contribution in [0, 0.1) is 0 Å². The van der Waals surface area contributed by atoms with Crippen molar-refractivity contribution in [2.45, 2.75) is 19.1 Å². The van der Waals surface area contributed by atoms with Crippen LogP contribution in [0.5, 0.6) is 0 Å². The number of aliphatic carboxylic acids is 1. The molecule has 3 N–H and O–H groups in total. The fraction of sp³-hybridized carbons (Fsp3) is 0.214. The number of halogens is 3. The molecule has 1 heterocycles. The summed E-state index contributed by atoms with van der Waals surface area (Å²) in [6, 6.07) is 9.67. The lowest BCUT2D eigenvalue weighted by Crippen LogP contribution is -2.21. The van der Waals surface area contributed by atoms with Gasteiger partial charge < -0.3 is 10.8 Å². The zero-order valence-electron chi connectivity index (χ0n) is 11.7. The van der Waals surface area contributed by atoms with E-state index in [0.717, 1.165) is 11.3 Å². The van der Waals surface area contributed by atoms with Crippen molar-refractivity contribution >= 4 is 23.1 Å². The van der Waals surface area contributed by atoms with Crippen LogP contribution in [0.3, 0.4) is 0 Å². The molecule has 1 aromatic carbocycles. The largest absolute Gasteiger partial charge is 0.490 e. The van der Waals surface area contributed by atoms with Gasteiger partial charge in [-0.05, 0) is 5.56 Å². The lowest BCUT2D eigenvalue weighted by atomic mass is 10.1. The maximum Gasteiger partial charge on any atom is 0.490 e. The van der Waals surface area contributed by atoms with Crippen LogP contribution >= 0.6 is 11.3 Å². The number of carbonyl (C=O) groups excluding carboxylic acids is 1. The summed E-state index contributed by atoms with van der Waals surface area (Å²) in [7, 11) is 0. The standard InChI is InChI=1S/C12H12N2OS.C2HF3O2/c13-7-10-8-16-12(14-10)11(15)6-9-4-2-1-3-5-9;3-2(4,5)1(6)7/h1-5,8H,6-7,13H2;(H,6,7). The van der Waals surface area contributed by atoms with Gasteiger partial charge in [-0.2, -0.15) is 13.2 Å². The molecule has 0 radical (unpaired) electrons. The minimum absolute atomic E-state index is 0.0518. The molecule has 0 unspecified atom stereocenters. The van der Waals surface area contributed by atoms with Crippen LogP contribution in [0.2, 0.25) is 0 Å². The third-order valence-corrected chi connectivity index (χ3v) is 3.38. The molecule has 9 heteroatoms. The molecule has 0 fully saturated rings. The van der Waals surface area contributed by atoms with E-state index in [-0.39, 0.29) is 5.78 Å². The zero-order valence-corrected chi connectivity index (χ0v) is 12.5. The Morgan fingerprint density at radius 3 is 2.22 bits per heavy atom. The van der Waals surface area contributed by atoms with Gasteiger partial charge in [0.2, 0.25) is 0 Å². The summed E-state index contributed by atoms with van der Waals surface area (Å²) in [6.07, 6.45) is -4.68. The molecule has 0 spiro atoms. The van der Waals surface area contributed by atoms with Crippen molar-refractivity contribution in [3.63, 3.8) is 0 Å². The average molecular weight is 346 g/mol. The van der Waals surface area contributed by atoms with E-state index in [1.54, 1.807) is 0 Å². The number of nitrogens with two attached hydrogens (primary N) is 1. The van der Waals surface area contributed by atoms with Crippen molar-refractivity contribution in [2.75, 3.05) is 0 Å². The number of hydrogen-bond acceptors (Lipinski definition) is 5. The number of ketones is 1. The summed E-state index contributed by atoms with van der Waals surface area (Å²) in [4.78, 5) is 24.9. The van der Waals surface area contributed by atoms with Gasteiger partial charge in [0.15, 0.2) is 10.8 Å². The van der Waals surface area contributed by atoms with Gasteiger partial charge >= 0.3 is 12.1 Å². The van der Waals surface area contributed by atoms with E-state index in [1.807, 2.05) is 35.7 Å². The highest BCUT2D eigenvalue weighted by Crippen LogP contribution is 2.13. The van der Waals surface area contributed by atoms with E-state index >= 15 is 0 Å². The highest BCUT2D eigenvalue weighted by atomic mass is 32.1. The Hall–Kier alpha value is -2.26. The number of aromatic nitrogens is 1. The van der Waals surface area contributed by atoms with Crippen molar-refractivity contribution in [3.05, 3.63) is 52.0 Å². The van der Waals surface area contributed by atoms with E-state index in [9.17, 15) is 18.0 Å². The van der Waals surface area contributed by atoms with E-state index < -0.39 is 12.1 Å². The molecule has 0 atom stereocenters. The molecule has 0 amide bonds. The van der Waals surface area contributed by atoms with Crippen molar-refractivity contribution in [1.29, 1.82) is 0 Å². The number of carboxylic acids is 1. The van der Waals surface area contributed by atoms with Crippen LogP contribution in [-0.2, 0) is 17.8 Å². The summed E-state index contributed by atoms with van der Waals surface area (Å²) >= 11 is 1.36. The van der Waals surface area contributed by atoms with Crippen molar-refractivity contribution < 1.29 is 27.9 Å². The number of carbonyl (C=O) groups is 2. The summed E-state index contributed by atoms with van der Waals surface area (Å²) in [5.41, 5.74) is 7.24. The molecule has 2 aromatic rings. The second-order valence-corrected chi connectivity index (χ2v) is 5.09. The quantitative estimate of drug-likeness (QED) is 0.830. The molecule has 0 aliphatic heterocycles. The number of hydrogen-bond donors (Lipinski definition) is 2. The Balaban J connectivity index is 0.000000322. The minimum Gasteiger partial charge on any atom is -0.475 e. The number of carboxylic acid groups (broad SMARTS) is 1. The molecule has 124 valence electrons. The number of benzene rings is 1. The second kappa shape index (κ2) is 8.39. The fourth-order valence-corrected chi connectivity index (χ4v) is 2.16. The summed E-state index contributed by atoms with van der Waals surface area (Å²) in [6.45, 7) is 0.384. The number of alkyl halides is 3. The lowest BCUT2D eigenvalue weighted by molar-refractivity contribution is -0.192. The monoisotopic (exact) mass is 346 g/mol. The van der Waals surface area contributed by atoms with Gasteiger partial charge in [0.25, 0.3) is 0 Å². The van der Waals surface area contributed by atoms with E-state index in [2.05, 4.69) is 4.98 Å². The topological polar surface area (TPSA) is 93.3 Å². The summed E-state index contributed by atoms with van der Waals surface area (Å²) < 4.78 is 31.7. The summed E-state index contributed by atoms with van der Waals surface area (Å²) in [5, 5.41) is 9.50. The molecule has 1 aromatic heterocycles. The van der Waals surface area contributed by atoms with E-state index in [1.165, 1.54) is 11.3 Å². The van der Waals surface area contributed by atoms with Crippen LogP contribution in [0.4, 0.5) is 13.2 Å². The molecule has 0 aliphatic rings. The highest BCUT2D eigenvalue weighted by Gasteiger charge is 2.38. The van der Waals surface area contributed by atoms with Crippen molar-refractivity contribution in [3.8, 4) is 0 Å². The molecule has 0 aliphatic carbocycles. The molecular weight excluding hydrogens is 333 g/mol. The highest BCUT2D eigenvalue weighted by molar-refractivity contribution is 7.11. The van der Waals surface area contributed by atoms with Gasteiger partial charge in [-0.15, -0.1) is 11.3 Å². The number of thiazole rings is 1. The smallest absolute Gasteiger partial charge is 0.475 e. The third-order valence-electron chi connectivity index (χ3n) is 2.45. The average Bonchev–Trinajstić information content (AvgIpc) is 2.97. The predicted molar refractivity (Wildman–Crippen MR) is 78.2 cm³/mol. The second-order valence-electron chi connectivity index (χ2n) is 4.24. The first-order valence-electron chi connectivity index (χ1n) is 6.25. The van der Waals surface area contributed by atoms with Gasteiger partial charge in [-0.3, -0.25) is 4.79 Å². The van der Waals surface area contributed by atoms with Crippen LogP contribution in [-0.4, -0.2) is 28.0 Å². The van der Waals surface area contributed by atoms with Crippen molar-refractivity contribution in [1.82, 2.24) is 4.98 Å². The van der Waals surface area contributed by atoms with Gasteiger partial charge in [0.1, 0.15) is 0 Å². The van der Waals surface area contributed by atoms with Gasteiger partial charge in [0, 0.05) is 18.3 Å². The first-order chi connectivity index (χ1) is 10.7. The van der Waals surface area contributed by atoms with Crippen LogP contribution in [0.15, 0.2) is 35.7 Å². The molecule has 5 nitrogen and oxygen atoms in total. The molecule has 0 saturated carbocycles. The van der Waals surface area contributed by atoms with E-state index in [4.69, 9.17) is 15.6 Å². The molecule has 0 bridgehead atoms. The Labute approximate surface area is 133 Å². The van der Waals surface area contributed by atoms with Crippen LogP contribution in [0.25, 0.3) is 0 Å². The van der Waals surface area contributed by atoms with Gasteiger partial charge in [0.05, 0.1) is 5.69 Å². The number of rotatable bonds is 4.